The summed E-state index contributed by atoms with van der Waals surface area (Å²) < 4.78 is 12.9. The van der Waals surface area contributed by atoms with Gasteiger partial charge in [0.25, 0.3) is 5.91 Å². The number of amides is 1. The Morgan fingerprint density at radius 3 is 2.58 bits per heavy atom. The van der Waals surface area contributed by atoms with E-state index in [-0.39, 0.29) is 18.1 Å². The van der Waals surface area contributed by atoms with Gasteiger partial charge in [0.1, 0.15) is 5.82 Å². The molecule has 126 valence electrons. The number of carboxylic acid groups (broad SMARTS) is 1. The van der Waals surface area contributed by atoms with Gasteiger partial charge in [0.05, 0.1) is 12.0 Å². The molecule has 1 unspecified atom stereocenters. The number of carboxylic acids is 1. The molecule has 2 rings (SSSR count). The number of pyridine rings is 1. The van der Waals surface area contributed by atoms with Crippen molar-refractivity contribution in [2.45, 2.75) is 31.7 Å². The molecule has 0 saturated heterocycles. The Morgan fingerprint density at radius 1 is 1.21 bits per heavy atom. The molecule has 0 aliphatic carbocycles. The number of carbonyl (C=O) groups is 2. The van der Waals surface area contributed by atoms with Gasteiger partial charge in [-0.1, -0.05) is 12.1 Å². The van der Waals surface area contributed by atoms with Crippen molar-refractivity contribution in [1.29, 1.82) is 0 Å². The average molecular weight is 330 g/mol. The largest absolute Gasteiger partial charge is 0.481 e. The van der Waals surface area contributed by atoms with E-state index >= 15 is 0 Å². The number of hydrogen-bond acceptors (Lipinski definition) is 3. The number of nitrogens with zero attached hydrogens (tertiary/aromatic N) is 1. The molecule has 6 heteroatoms. The summed E-state index contributed by atoms with van der Waals surface area (Å²) in [6.45, 7) is 0. The minimum Gasteiger partial charge on any atom is -0.481 e. The van der Waals surface area contributed by atoms with Gasteiger partial charge in [0.15, 0.2) is 0 Å². The third-order valence-corrected chi connectivity index (χ3v) is 3.61. The molecule has 0 radical (unpaired) electrons. The number of halogens is 1. The second-order valence-corrected chi connectivity index (χ2v) is 5.53. The lowest BCUT2D eigenvalue weighted by molar-refractivity contribution is -0.137. The van der Waals surface area contributed by atoms with Crippen LogP contribution >= 0.6 is 0 Å². The van der Waals surface area contributed by atoms with Crippen molar-refractivity contribution in [2.24, 2.45) is 0 Å². The maximum absolute atomic E-state index is 12.9. The fourth-order valence-corrected chi connectivity index (χ4v) is 2.41. The highest BCUT2D eigenvalue weighted by Crippen LogP contribution is 2.11. The van der Waals surface area contributed by atoms with Crippen molar-refractivity contribution in [3.63, 3.8) is 0 Å². The monoisotopic (exact) mass is 330 g/mol. The first-order valence-corrected chi connectivity index (χ1v) is 7.71. The lowest BCUT2D eigenvalue weighted by atomic mass is 10.0. The highest BCUT2D eigenvalue weighted by Gasteiger charge is 2.17. The maximum Gasteiger partial charge on any atom is 0.305 e. The van der Waals surface area contributed by atoms with Gasteiger partial charge in [-0.15, -0.1) is 0 Å². The van der Waals surface area contributed by atoms with Crippen LogP contribution in [0, 0.1) is 5.82 Å². The van der Waals surface area contributed by atoms with Gasteiger partial charge in [0.2, 0.25) is 0 Å². The summed E-state index contributed by atoms with van der Waals surface area (Å²) >= 11 is 0. The highest BCUT2D eigenvalue weighted by atomic mass is 19.1. The van der Waals surface area contributed by atoms with Crippen molar-refractivity contribution in [1.82, 2.24) is 10.3 Å². The van der Waals surface area contributed by atoms with Crippen LogP contribution in [0.15, 0.2) is 48.8 Å². The predicted molar refractivity (Wildman–Crippen MR) is 87.1 cm³/mol. The quantitative estimate of drug-likeness (QED) is 0.780. The summed E-state index contributed by atoms with van der Waals surface area (Å²) in [4.78, 5) is 27.0. The SMILES string of the molecule is O=C(O)CC(CCCc1ccc(F)cc1)NC(=O)c1cccnc1. The number of hydrogen-bond donors (Lipinski definition) is 2. The summed E-state index contributed by atoms with van der Waals surface area (Å²) in [5.74, 6) is -1.59. The predicted octanol–water partition coefficient (Wildman–Crippen LogP) is 2.82. The lowest BCUT2D eigenvalue weighted by Crippen LogP contribution is -2.36. The molecule has 2 N–H and O–H groups in total. The van der Waals surface area contributed by atoms with Crippen LogP contribution in [0.4, 0.5) is 4.39 Å². The van der Waals surface area contributed by atoms with Crippen molar-refractivity contribution < 1.29 is 19.1 Å². The normalized spacial score (nSPS) is 11.7. The first kappa shape index (κ1) is 17.6. The van der Waals surface area contributed by atoms with E-state index in [1.54, 1.807) is 30.5 Å². The van der Waals surface area contributed by atoms with E-state index < -0.39 is 12.0 Å². The van der Waals surface area contributed by atoms with Crippen molar-refractivity contribution in [3.05, 3.63) is 65.7 Å². The third kappa shape index (κ3) is 5.79. The van der Waals surface area contributed by atoms with Crippen molar-refractivity contribution >= 4 is 11.9 Å². The molecule has 0 fully saturated rings. The average Bonchev–Trinajstić information content (AvgIpc) is 2.57. The van der Waals surface area contributed by atoms with Gasteiger partial charge < -0.3 is 10.4 Å². The second-order valence-electron chi connectivity index (χ2n) is 5.53. The smallest absolute Gasteiger partial charge is 0.305 e. The minimum absolute atomic E-state index is 0.143. The molecule has 0 saturated carbocycles. The van der Waals surface area contributed by atoms with Gasteiger partial charge >= 0.3 is 5.97 Å². The molecule has 5 nitrogen and oxygen atoms in total. The van der Waals surface area contributed by atoms with Gasteiger partial charge in [-0.3, -0.25) is 14.6 Å². The topological polar surface area (TPSA) is 79.3 Å². The van der Waals surface area contributed by atoms with E-state index in [2.05, 4.69) is 10.3 Å². The summed E-state index contributed by atoms with van der Waals surface area (Å²) in [6, 6.07) is 9.01. The molecular weight excluding hydrogens is 311 g/mol. The number of benzene rings is 1. The number of rotatable bonds is 8. The maximum atomic E-state index is 12.9. The Balaban J connectivity index is 1.89. The van der Waals surface area contributed by atoms with E-state index in [4.69, 9.17) is 5.11 Å². The zero-order valence-corrected chi connectivity index (χ0v) is 13.1. The van der Waals surface area contributed by atoms with Gasteiger partial charge in [-0.25, -0.2) is 4.39 Å². The van der Waals surface area contributed by atoms with Crippen LogP contribution in [0.25, 0.3) is 0 Å². The Labute approximate surface area is 139 Å². The van der Waals surface area contributed by atoms with Crippen LogP contribution < -0.4 is 5.32 Å². The third-order valence-electron chi connectivity index (χ3n) is 3.61. The van der Waals surface area contributed by atoms with Gasteiger partial charge in [0, 0.05) is 18.4 Å². The Bertz CT molecular complexity index is 674. The number of aliphatic carboxylic acids is 1. The minimum atomic E-state index is -0.965. The first-order valence-electron chi connectivity index (χ1n) is 7.71. The standard InChI is InChI=1S/C18H19FN2O3/c19-15-8-6-13(7-9-15)3-1-5-16(11-17(22)23)21-18(24)14-4-2-10-20-12-14/h2,4,6-10,12,16H,1,3,5,11H2,(H,21,24)(H,22,23). The Kier molecular flexibility index (Phi) is 6.42. The fourth-order valence-electron chi connectivity index (χ4n) is 2.41. The van der Waals surface area contributed by atoms with Crippen LogP contribution in [0.5, 0.6) is 0 Å². The van der Waals surface area contributed by atoms with E-state index in [1.165, 1.54) is 18.3 Å². The number of aryl methyl sites for hydroxylation is 1. The first-order chi connectivity index (χ1) is 11.5. The van der Waals surface area contributed by atoms with Crippen LogP contribution in [0.2, 0.25) is 0 Å². The number of nitrogens with one attached hydrogen (secondary N) is 1. The molecule has 0 aliphatic heterocycles. The summed E-state index contributed by atoms with van der Waals surface area (Å²) in [5.41, 5.74) is 1.37. The van der Waals surface area contributed by atoms with Crippen LogP contribution in [-0.4, -0.2) is 28.0 Å². The van der Waals surface area contributed by atoms with Crippen LogP contribution in [0.1, 0.15) is 35.2 Å². The Morgan fingerprint density at radius 2 is 1.96 bits per heavy atom. The van der Waals surface area contributed by atoms with Crippen LogP contribution in [0.3, 0.4) is 0 Å². The molecule has 1 aromatic carbocycles. The van der Waals surface area contributed by atoms with Gasteiger partial charge in [-0.2, -0.15) is 0 Å². The molecule has 24 heavy (non-hydrogen) atoms. The molecule has 1 amide bonds. The molecule has 2 aromatic rings. The van der Waals surface area contributed by atoms with E-state index in [0.29, 0.717) is 24.8 Å². The van der Waals surface area contributed by atoms with E-state index in [1.807, 2.05) is 0 Å². The molecule has 1 heterocycles. The van der Waals surface area contributed by atoms with Crippen molar-refractivity contribution in [2.75, 3.05) is 0 Å². The van der Waals surface area contributed by atoms with E-state index in [0.717, 1.165) is 5.56 Å². The molecule has 0 aliphatic rings. The summed E-state index contributed by atoms with van der Waals surface area (Å²) in [6.07, 6.45) is 4.76. The second kappa shape index (κ2) is 8.76. The zero-order valence-electron chi connectivity index (χ0n) is 13.1. The molecule has 0 spiro atoms. The molecular formula is C18H19FN2O3. The summed E-state index contributed by atoms with van der Waals surface area (Å²) in [7, 11) is 0. The lowest BCUT2D eigenvalue weighted by Gasteiger charge is -2.17. The fraction of sp³-hybridized carbons (Fsp3) is 0.278. The zero-order chi connectivity index (χ0) is 17.4. The Hall–Kier alpha value is -2.76. The highest BCUT2D eigenvalue weighted by molar-refractivity contribution is 5.94. The summed E-state index contributed by atoms with van der Waals surface area (Å²) in [5, 5.41) is 11.7. The molecule has 1 aromatic heterocycles. The molecule has 0 bridgehead atoms. The van der Waals surface area contributed by atoms with Gasteiger partial charge in [-0.05, 0) is 49.1 Å². The van der Waals surface area contributed by atoms with Crippen molar-refractivity contribution in [3.8, 4) is 0 Å². The number of aromatic nitrogens is 1. The molecule has 1 atom stereocenters. The number of carbonyl (C=O) groups excluding carboxylic acids is 1. The van der Waals surface area contributed by atoms with Crippen LogP contribution in [-0.2, 0) is 11.2 Å². The van der Waals surface area contributed by atoms with E-state index in [9.17, 15) is 14.0 Å².